The van der Waals surface area contributed by atoms with Crippen molar-refractivity contribution in [1.29, 1.82) is 0 Å². The van der Waals surface area contributed by atoms with Gasteiger partial charge in [0.15, 0.2) is 0 Å². The molecule has 2 aromatic rings. The van der Waals surface area contributed by atoms with Crippen LogP contribution in [-0.4, -0.2) is 103 Å². The van der Waals surface area contributed by atoms with Crippen molar-refractivity contribution < 1.29 is 45.5 Å². The van der Waals surface area contributed by atoms with Gasteiger partial charge in [0.1, 0.15) is 0 Å². The largest absolute Gasteiger partial charge is 0.453 e. The number of hydrogen-bond acceptors (Lipinski definition) is 5. The molecule has 3 aliphatic heterocycles. The molecular formula is C38H49F6N5O4. The number of methoxy groups -OCH3 is 1. The smallest absolute Gasteiger partial charge is 0.416 e. The number of halogens is 6. The maximum atomic E-state index is 13.1. The van der Waals surface area contributed by atoms with Crippen LogP contribution >= 0.6 is 0 Å². The van der Waals surface area contributed by atoms with Gasteiger partial charge < -0.3 is 24.8 Å². The molecule has 6 rings (SSSR count). The zero-order valence-electron chi connectivity index (χ0n) is 30.3. The molecule has 3 fully saturated rings. The van der Waals surface area contributed by atoms with Crippen molar-refractivity contribution in [3.63, 3.8) is 0 Å². The minimum Gasteiger partial charge on any atom is -0.453 e. The molecule has 0 aromatic heterocycles. The number of urea groups is 1. The number of amides is 4. The number of piperidine rings is 1. The number of carbonyl (C=O) groups excluding carboxylic acids is 3. The quantitative estimate of drug-likeness (QED) is 0.317. The van der Waals surface area contributed by atoms with Crippen molar-refractivity contribution in [2.75, 3.05) is 58.2 Å². The van der Waals surface area contributed by atoms with Gasteiger partial charge in [-0.3, -0.25) is 9.69 Å². The first-order chi connectivity index (χ1) is 25.1. The Kier molecular flexibility index (Phi) is 13.2. The molecule has 3 heterocycles. The Morgan fingerprint density at radius 1 is 0.792 bits per heavy atom. The van der Waals surface area contributed by atoms with E-state index in [1.807, 2.05) is 23.1 Å². The van der Waals surface area contributed by atoms with Crippen LogP contribution in [0.3, 0.4) is 0 Å². The average Bonchev–Trinajstić information content (AvgIpc) is 3.32. The van der Waals surface area contributed by atoms with Gasteiger partial charge in [-0.1, -0.05) is 44.4 Å². The van der Waals surface area contributed by atoms with Crippen LogP contribution in [0.1, 0.15) is 74.1 Å². The van der Waals surface area contributed by atoms with Gasteiger partial charge in [0.2, 0.25) is 5.91 Å². The number of anilines is 1. The third-order valence-electron chi connectivity index (χ3n) is 10.8. The predicted octanol–water partition coefficient (Wildman–Crippen LogP) is 7.69. The van der Waals surface area contributed by atoms with Gasteiger partial charge in [-0.05, 0) is 73.9 Å². The first-order valence-electron chi connectivity index (χ1n) is 18.4. The molecule has 1 N–H and O–H groups in total. The van der Waals surface area contributed by atoms with Crippen LogP contribution in [0.5, 0.6) is 0 Å². The second kappa shape index (κ2) is 17.4. The number of piperazine rings is 1. The topological polar surface area (TPSA) is 85.4 Å². The average molecular weight is 754 g/mol. The lowest BCUT2D eigenvalue weighted by atomic mass is 9.93. The summed E-state index contributed by atoms with van der Waals surface area (Å²) in [5.74, 6) is -0.930. The van der Waals surface area contributed by atoms with Gasteiger partial charge in [-0.25, -0.2) is 9.59 Å². The van der Waals surface area contributed by atoms with E-state index in [0.717, 1.165) is 38.0 Å². The zero-order valence-corrected chi connectivity index (χ0v) is 30.3. The summed E-state index contributed by atoms with van der Waals surface area (Å²) >= 11 is 0. The Morgan fingerprint density at radius 3 is 1.98 bits per heavy atom. The van der Waals surface area contributed by atoms with Crippen LogP contribution in [0.4, 0.5) is 41.6 Å². The van der Waals surface area contributed by atoms with Crippen LogP contribution in [0, 0.1) is 5.92 Å². The standard InChI is InChI=1S/C22H28F6N2O.C16H21N3O3/c1-15(11-16-12-17(21(23,24)25)14-18(13-16)22(26,27)28)20(31)30-9-7-29(8-10-30)19-5-3-2-4-6-19;1-22-16(21)18-9-7-13(8-10-18)19-11-6-12-4-2-3-5-14(12)17-15(19)20/h12-15,19H,2-11H2,1H3;2-5,13H,6-11H2,1H3,(H,17,20)/t15-;/m1./s1. The highest BCUT2D eigenvalue weighted by Gasteiger charge is 2.38. The molecule has 1 saturated carbocycles. The van der Waals surface area contributed by atoms with Crippen LogP contribution in [0.15, 0.2) is 42.5 Å². The Bertz CT molecular complexity index is 1530. The maximum absolute atomic E-state index is 13.1. The Labute approximate surface area is 306 Å². The number of fused-ring (bicyclic) bond motifs is 1. The van der Waals surface area contributed by atoms with Crippen molar-refractivity contribution >= 4 is 23.7 Å². The van der Waals surface area contributed by atoms with E-state index in [1.54, 1.807) is 16.7 Å². The number of hydrogen-bond donors (Lipinski definition) is 1. The number of nitrogens with zero attached hydrogens (tertiary/aromatic N) is 4. The summed E-state index contributed by atoms with van der Waals surface area (Å²) in [4.78, 5) is 44.5. The van der Waals surface area contributed by atoms with Crippen LogP contribution in [0.25, 0.3) is 0 Å². The molecular weight excluding hydrogens is 704 g/mol. The van der Waals surface area contributed by atoms with Gasteiger partial charge in [-0.2, -0.15) is 26.3 Å². The lowest BCUT2D eigenvalue weighted by molar-refractivity contribution is -0.143. The SMILES string of the molecule is COC(=O)N1CCC(N2CCc3ccccc3NC2=O)CC1.C[C@H](Cc1cc(C(F)(F)F)cc(C(F)(F)F)c1)C(=O)N1CCN(C2CCCCC2)CC1. The third-order valence-corrected chi connectivity index (χ3v) is 10.8. The highest BCUT2D eigenvalue weighted by Crippen LogP contribution is 2.37. The molecule has 2 aromatic carbocycles. The first-order valence-corrected chi connectivity index (χ1v) is 18.4. The van der Waals surface area contributed by atoms with E-state index in [-0.39, 0.29) is 42.1 Å². The van der Waals surface area contributed by atoms with E-state index in [0.29, 0.717) is 50.9 Å². The summed E-state index contributed by atoms with van der Waals surface area (Å²) < 4.78 is 83.1. The summed E-state index contributed by atoms with van der Waals surface area (Å²) in [7, 11) is 1.40. The van der Waals surface area contributed by atoms with Crippen molar-refractivity contribution in [3.05, 3.63) is 64.7 Å². The number of rotatable bonds is 5. The minimum absolute atomic E-state index is 0.0403. The molecule has 4 aliphatic rings. The van der Waals surface area contributed by atoms with Crippen LogP contribution < -0.4 is 5.32 Å². The number of para-hydroxylation sites is 1. The molecule has 9 nitrogen and oxygen atoms in total. The van der Waals surface area contributed by atoms with Crippen molar-refractivity contribution in [2.45, 2.75) is 89.1 Å². The highest BCUT2D eigenvalue weighted by atomic mass is 19.4. The van der Waals surface area contributed by atoms with Crippen molar-refractivity contribution in [1.82, 2.24) is 19.6 Å². The fourth-order valence-corrected chi connectivity index (χ4v) is 7.87. The second-order valence-electron chi connectivity index (χ2n) is 14.4. The molecule has 1 atom stereocenters. The van der Waals surface area contributed by atoms with E-state index < -0.39 is 29.4 Å². The molecule has 292 valence electrons. The Hall–Kier alpha value is -4.01. The molecule has 4 amide bonds. The van der Waals surface area contributed by atoms with Crippen molar-refractivity contribution in [3.8, 4) is 0 Å². The monoisotopic (exact) mass is 753 g/mol. The molecule has 53 heavy (non-hydrogen) atoms. The summed E-state index contributed by atoms with van der Waals surface area (Å²) in [5.41, 5.74) is -0.757. The summed E-state index contributed by atoms with van der Waals surface area (Å²) in [6.45, 7) is 6.12. The third kappa shape index (κ3) is 10.6. The summed E-state index contributed by atoms with van der Waals surface area (Å²) in [6, 6.07) is 10.1. The normalized spacial score (nSPS) is 20.1. The van der Waals surface area contributed by atoms with Gasteiger partial charge in [0, 0.05) is 69.5 Å². The Morgan fingerprint density at radius 2 is 1.40 bits per heavy atom. The highest BCUT2D eigenvalue weighted by molar-refractivity contribution is 5.91. The van der Waals surface area contributed by atoms with Gasteiger partial charge in [-0.15, -0.1) is 0 Å². The molecule has 2 saturated heterocycles. The fraction of sp³-hybridized carbons (Fsp3) is 0.605. The molecule has 0 unspecified atom stereocenters. The first kappa shape index (κ1) is 40.2. The van der Waals surface area contributed by atoms with Crippen LogP contribution in [0.2, 0.25) is 0 Å². The second-order valence-corrected chi connectivity index (χ2v) is 14.4. The van der Waals surface area contributed by atoms with E-state index in [1.165, 1.54) is 44.8 Å². The lowest BCUT2D eigenvalue weighted by Crippen LogP contribution is -2.53. The molecule has 0 spiro atoms. The van der Waals surface area contributed by atoms with E-state index in [9.17, 15) is 40.7 Å². The van der Waals surface area contributed by atoms with Crippen LogP contribution in [-0.2, 0) is 34.7 Å². The Balaban J connectivity index is 0.000000216. The predicted molar refractivity (Wildman–Crippen MR) is 187 cm³/mol. The van der Waals surface area contributed by atoms with E-state index in [4.69, 9.17) is 4.74 Å². The zero-order chi connectivity index (χ0) is 38.3. The molecule has 0 radical (unpaired) electrons. The number of benzene rings is 2. The lowest BCUT2D eigenvalue weighted by Gasteiger charge is -2.41. The van der Waals surface area contributed by atoms with Crippen molar-refractivity contribution in [2.24, 2.45) is 5.92 Å². The number of ether oxygens (including phenoxy) is 1. The summed E-state index contributed by atoms with van der Waals surface area (Å²) in [6.07, 6.45) is -1.77. The molecule has 15 heteroatoms. The number of carbonyl (C=O) groups is 3. The maximum Gasteiger partial charge on any atom is 0.416 e. The van der Waals surface area contributed by atoms with E-state index in [2.05, 4.69) is 16.3 Å². The van der Waals surface area contributed by atoms with Gasteiger partial charge >= 0.3 is 24.5 Å². The fourth-order valence-electron chi connectivity index (χ4n) is 7.87. The van der Waals surface area contributed by atoms with Gasteiger partial charge in [0.25, 0.3) is 0 Å². The number of likely N-dealkylation sites (tertiary alicyclic amines) is 1. The number of alkyl halides is 6. The summed E-state index contributed by atoms with van der Waals surface area (Å²) in [5, 5.41) is 3.00. The number of nitrogens with one attached hydrogen (secondary N) is 1. The minimum atomic E-state index is -4.89. The van der Waals surface area contributed by atoms with Gasteiger partial charge in [0.05, 0.1) is 18.2 Å². The molecule has 1 aliphatic carbocycles. The van der Waals surface area contributed by atoms with E-state index >= 15 is 0 Å². The molecule has 0 bridgehead atoms.